The SMILES string of the molecule is Cc1cc(C)cc(-n2c(C)c(Br)c(/C=N\NC(=O)c3ccc(CSc4ccccc4)cc3)c2C)c1. The average Bonchev–Trinajstić information content (AvgIpc) is 3.06. The lowest BCUT2D eigenvalue weighted by Crippen LogP contribution is -2.17. The Balaban J connectivity index is 1.43. The minimum atomic E-state index is -0.234. The number of aromatic nitrogens is 1. The second-order valence-electron chi connectivity index (χ2n) is 8.58. The second kappa shape index (κ2) is 11.1. The number of hydrogen-bond acceptors (Lipinski definition) is 3. The number of rotatable bonds is 7. The van der Waals surface area contributed by atoms with Crippen molar-refractivity contribution in [2.24, 2.45) is 5.10 Å². The molecule has 178 valence electrons. The quantitative estimate of drug-likeness (QED) is 0.148. The Morgan fingerprint density at radius 2 is 1.60 bits per heavy atom. The highest BCUT2D eigenvalue weighted by molar-refractivity contribution is 9.10. The van der Waals surface area contributed by atoms with E-state index >= 15 is 0 Å². The van der Waals surface area contributed by atoms with E-state index in [-0.39, 0.29) is 5.91 Å². The van der Waals surface area contributed by atoms with Gasteiger partial charge in [0, 0.05) is 43.3 Å². The van der Waals surface area contributed by atoms with Gasteiger partial charge in [0.25, 0.3) is 5.91 Å². The molecule has 0 aliphatic carbocycles. The number of nitrogens with zero attached hydrogens (tertiary/aromatic N) is 2. The highest BCUT2D eigenvalue weighted by Gasteiger charge is 2.16. The number of hydrazone groups is 1. The van der Waals surface area contributed by atoms with Crippen molar-refractivity contribution in [2.45, 2.75) is 38.3 Å². The number of hydrogen-bond donors (Lipinski definition) is 1. The average molecular weight is 547 g/mol. The lowest BCUT2D eigenvalue weighted by molar-refractivity contribution is 0.0955. The predicted octanol–water partition coefficient (Wildman–Crippen LogP) is 7.53. The monoisotopic (exact) mass is 545 g/mol. The number of thioether (sulfide) groups is 1. The number of halogens is 1. The number of benzene rings is 3. The summed E-state index contributed by atoms with van der Waals surface area (Å²) in [6, 6.07) is 24.5. The molecule has 35 heavy (non-hydrogen) atoms. The van der Waals surface area contributed by atoms with Crippen molar-refractivity contribution < 1.29 is 4.79 Å². The van der Waals surface area contributed by atoms with Crippen LogP contribution in [-0.4, -0.2) is 16.7 Å². The molecule has 0 saturated heterocycles. The van der Waals surface area contributed by atoms with Crippen LogP contribution in [-0.2, 0) is 5.75 Å². The normalized spacial score (nSPS) is 11.2. The molecular weight excluding hydrogens is 518 g/mol. The zero-order chi connectivity index (χ0) is 24.9. The van der Waals surface area contributed by atoms with E-state index in [2.05, 4.69) is 89.1 Å². The van der Waals surface area contributed by atoms with E-state index in [0.717, 1.165) is 32.9 Å². The van der Waals surface area contributed by atoms with Crippen LogP contribution in [0.1, 0.15) is 44.0 Å². The smallest absolute Gasteiger partial charge is 0.271 e. The molecule has 0 spiro atoms. The van der Waals surface area contributed by atoms with E-state index in [1.807, 2.05) is 42.5 Å². The molecule has 3 aromatic carbocycles. The summed E-state index contributed by atoms with van der Waals surface area (Å²) in [5.41, 5.74) is 11.0. The summed E-state index contributed by atoms with van der Waals surface area (Å²) in [5.74, 6) is 0.622. The summed E-state index contributed by atoms with van der Waals surface area (Å²) in [7, 11) is 0. The topological polar surface area (TPSA) is 46.4 Å². The lowest BCUT2D eigenvalue weighted by Gasteiger charge is -2.11. The van der Waals surface area contributed by atoms with Crippen molar-refractivity contribution in [1.29, 1.82) is 0 Å². The van der Waals surface area contributed by atoms with Crippen molar-refractivity contribution in [2.75, 3.05) is 0 Å². The maximum absolute atomic E-state index is 12.6. The van der Waals surface area contributed by atoms with Crippen LogP contribution < -0.4 is 5.43 Å². The van der Waals surface area contributed by atoms with Crippen LogP contribution in [0.15, 0.2) is 87.3 Å². The standard InChI is InChI=1S/C29H28BrN3OS/c1-19-14-20(2)16-25(15-19)33-21(3)27(28(30)22(33)4)17-31-32-29(34)24-12-10-23(11-13-24)18-35-26-8-6-5-7-9-26/h5-17H,18H2,1-4H3,(H,32,34)/b31-17-. The van der Waals surface area contributed by atoms with Crippen LogP contribution >= 0.6 is 27.7 Å². The highest BCUT2D eigenvalue weighted by Crippen LogP contribution is 2.30. The summed E-state index contributed by atoms with van der Waals surface area (Å²) < 4.78 is 3.17. The molecule has 1 aromatic heterocycles. The van der Waals surface area contributed by atoms with Gasteiger partial charge in [0.15, 0.2) is 0 Å². The minimum absolute atomic E-state index is 0.234. The van der Waals surface area contributed by atoms with Crippen molar-refractivity contribution in [1.82, 2.24) is 9.99 Å². The fraction of sp³-hybridized carbons (Fsp3) is 0.172. The molecule has 0 unspecified atom stereocenters. The van der Waals surface area contributed by atoms with Gasteiger partial charge in [-0.15, -0.1) is 11.8 Å². The molecule has 6 heteroatoms. The summed E-state index contributed by atoms with van der Waals surface area (Å²) in [6.45, 7) is 8.34. The fourth-order valence-electron chi connectivity index (χ4n) is 4.10. The predicted molar refractivity (Wildman–Crippen MR) is 150 cm³/mol. The molecule has 4 aromatic rings. The number of carbonyl (C=O) groups excluding carboxylic acids is 1. The van der Waals surface area contributed by atoms with E-state index in [4.69, 9.17) is 0 Å². The zero-order valence-corrected chi connectivity index (χ0v) is 22.7. The second-order valence-corrected chi connectivity index (χ2v) is 10.4. The van der Waals surface area contributed by atoms with E-state index in [1.54, 1.807) is 18.0 Å². The summed E-state index contributed by atoms with van der Waals surface area (Å²) in [5, 5.41) is 4.25. The third kappa shape index (κ3) is 5.95. The molecule has 0 aliphatic heterocycles. The molecule has 0 fully saturated rings. The maximum atomic E-state index is 12.6. The molecule has 1 heterocycles. The molecule has 1 amide bonds. The number of amides is 1. The Morgan fingerprint density at radius 3 is 2.26 bits per heavy atom. The van der Waals surface area contributed by atoms with Gasteiger partial charge >= 0.3 is 0 Å². The highest BCUT2D eigenvalue weighted by atomic mass is 79.9. The van der Waals surface area contributed by atoms with Crippen molar-refractivity contribution in [3.8, 4) is 5.69 Å². The summed E-state index contributed by atoms with van der Waals surface area (Å²) in [6.07, 6.45) is 1.70. The van der Waals surface area contributed by atoms with Crippen molar-refractivity contribution >= 4 is 39.8 Å². The van der Waals surface area contributed by atoms with Crippen molar-refractivity contribution in [3.05, 3.63) is 116 Å². The third-order valence-corrected chi connectivity index (χ3v) is 7.89. The van der Waals surface area contributed by atoms with Crippen molar-refractivity contribution in [3.63, 3.8) is 0 Å². The van der Waals surface area contributed by atoms with Gasteiger partial charge < -0.3 is 4.57 Å². The molecule has 4 rings (SSSR count). The molecule has 0 aliphatic rings. The molecular formula is C29H28BrN3OS. The van der Waals surface area contributed by atoms with E-state index in [1.165, 1.54) is 21.6 Å². The first-order chi connectivity index (χ1) is 16.8. The first-order valence-electron chi connectivity index (χ1n) is 11.4. The van der Waals surface area contributed by atoms with Gasteiger partial charge in [-0.05, 0) is 96.7 Å². The van der Waals surface area contributed by atoms with Gasteiger partial charge in [-0.25, -0.2) is 5.43 Å². The molecule has 0 radical (unpaired) electrons. The van der Waals surface area contributed by atoms with Crippen LogP contribution in [0.2, 0.25) is 0 Å². The molecule has 0 atom stereocenters. The van der Waals surface area contributed by atoms with Gasteiger partial charge in [0.05, 0.1) is 6.21 Å². The van der Waals surface area contributed by atoms with Gasteiger partial charge in [-0.3, -0.25) is 4.79 Å². The molecule has 0 bridgehead atoms. The Morgan fingerprint density at radius 1 is 0.943 bits per heavy atom. The van der Waals surface area contributed by atoms with E-state index < -0.39 is 0 Å². The Bertz CT molecular complexity index is 1360. The van der Waals surface area contributed by atoms with Gasteiger partial charge in [-0.2, -0.15) is 5.10 Å². The van der Waals surface area contributed by atoms with E-state index in [9.17, 15) is 4.79 Å². The van der Waals surface area contributed by atoms with Crippen LogP contribution in [0.4, 0.5) is 0 Å². The van der Waals surface area contributed by atoms with Gasteiger partial charge in [-0.1, -0.05) is 36.4 Å². The Kier molecular flexibility index (Phi) is 7.93. The number of aryl methyl sites for hydroxylation is 2. The Hall–Kier alpha value is -3.09. The van der Waals surface area contributed by atoms with Gasteiger partial charge in [0.1, 0.15) is 0 Å². The summed E-state index contributed by atoms with van der Waals surface area (Å²) >= 11 is 5.49. The minimum Gasteiger partial charge on any atom is -0.317 e. The lowest BCUT2D eigenvalue weighted by atomic mass is 10.1. The molecule has 0 saturated carbocycles. The summed E-state index contributed by atoms with van der Waals surface area (Å²) in [4.78, 5) is 13.8. The first-order valence-corrected chi connectivity index (χ1v) is 13.2. The number of nitrogens with one attached hydrogen (secondary N) is 1. The third-order valence-electron chi connectivity index (χ3n) is 5.80. The fourth-order valence-corrected chi connectivity index (χ4v) is 5.54. The Labute approximate surface area is 219 Å². The molecule has 4 nitrogen and oxygen atoms in total. The molecule has 1 N–H and O–H groups in total. The maximum Gasteiger partial charge on any atom is 0.271 e. The first kappa shape index (κ1) is 25.0. The zero-order valence-electron chi connectivity index (χ0n) is 20.3. The van der Waals surface area contributed by atoms with Gasteiger partial charge in [0.2, 0.25) is 0 Å². The van der Waals surface area contributed by atoms with Crippen LogP contribution in [0.25, 0.3) is 5.69 Å². The van der Waals surface area contributed by atoms with Crippen LogP contribution in [0, 0.1) is 27.7 Å². The van der Waals surface area contributed by atoms with Crippen LogP contribution in [0.3, 0.4) is 0 Å². The largest absolute Gasteiger partial charge is 0.317 e. The number of carbonyl (C=O) groups is 1. The van der Waals surface area contributed by atoms with Crippen LogP contribution in [0.5, 0.6) is 0 Å². The van der Waals surface area contributed by atoms with E-state index in [0.29, 0.717) is 5.56 Å².